The Morgan fingerprint density at radius 1 is 1.11 bits per heavy atom. The van der Waals surface area contributed by atoms with Gasteiger partial charge in [-0.1, -0.05) is 12.2 Å². The van der Waals surface area contributed by atoms with E-state index < -0.39 is 11.4 Å². The molecule has 142 valence electrons. The second kappa shape index (κ2) is 7.12. The predicted molar refractivity (Wildman–Crippen MR) is 99.9 cm³/mol. The maximum atomic E-state index is 13.4. The Balaban J connectivity index is 2.23. The van der Waals surface area contributed by atoms with Gasteiger partial charge in [0.2, 0.25) is 11.5 Å². The molecule has 0 saturated heterocycles. The summed E-state index contributed by atoms with van der Waals surface area (Å²) in [6.07, 6.45) is 5.29. The summed E-state index contributed by atoms with van der Waals surface area (Å²) in [6, 6.07) is 3.36. The Morgan fingerprint density at radius 3 is 2.41 bits per heavy atom. The molecule has 3 rings (SSSR count). The standard InChI is InChI=1S/C20H19ClO6/c1-11(22)27-16-7-12-5-6-20(14(12)9-15(16)24-2)13(10-21)8-17(25-3)18(26-4)19(20)23/h5-9H,10H2,1-4H3. The molecule has 0 saturated carbocycles. The Morgan fingerprint density at radius 2 is 1.85 bits per heavy atom. The van der Waals surface area contributed by atoms with Gasteiger partial charge in [0.25, 0.3) is 0 Å². The van der Waals surface area contributed by atoms with E-state index in [9.17, 15) is 9.59 Å². The molecule has 0 aromatic heterocycles. The van der Waals surface area contributed by atoms with E-state index >= 15 is 0 Å². The lowest BCUT2D eigenvalue weighted by Gasteiger charge is -2.34. The largest absolute Gasteiger partial charge is 0.493 e. The average Bonchev–Trinajstić information content (AvgIpc) is 3.01. The van der Waals surface area contributed by atoms with Gasteiger partial charge in [-0.2, -0.15) is 0 Å². The summed E-state index contributed by atoms with van der Waals surface area (Å²) in [4.78, 5) is 24.8. The highest BCUT2D eigenvalue weighted by Crippen LogP contribution is 2.50. The maximum absolute atomic E-state index is 13.4. The topological polar surface area (TPSA) is 71.1 Å². The number of carbonyl (C=O) groups is 2. The van der Waals surface area contributed by atoms with E-state index in [2.05, 4.69) is 0 Å². The van der Waals surface area contributed by atoms with E-state index in [4.69, 9.17) is 30.5 Å². The minimum absolute atomic E-state index is 0.117. The van der Waals surface area contributed by atoms with Crippen molar-refractivity contribution >= 4 is 29.4 Å². The Kier molecular flexibility index (Phi) is 5.02. The number of Topliss-reactive ketones (excluding diaryl/α,β-unsaturated/α-hetero) is 1. The van der Waals surface area contributed by atoms with Crippen LogP contribution in [0.15, 0.2) is 41.4 Å². The van der Waals surface area contributed by atoms with Crippen LogP contribution in [0.25, 0.3) is 6.08 Å². The van der Waals surface area contributed by atoms with Gasteiger partial charge in [-0.25, -0.2) is 0 Å². The van der Waals surface area contributed by atoms with Crippen LogP contribution in [0.5, 0.6) is 11.5 Å². The van der Waals surface area contributed by atoms with Crippen LogP contribution in [0.4, 0.5) is 0 Å². The van der Waals surface area contributed by atoms with Gasteiger partial charge in [0.05, 0.1) is 21.3 Å². The van der Waals surface area contributed by atoms with Crippen molar-refractivity contribution in [1.82, 2.24) is 0 Å². The zero-order chi connectivity index (χ0) is 19.8. The maximum Gasteiger partial charge on any atom is 0.308 e. The minimum atomic E-state index is -1.12. The number of carbonyl (C=O) groups excluding carboxylic acids is 2. The zero-order valence-corrected chi connectivity index (χ0v) is 16.2. The van der Waals surface area contributed by atoms with E-state index in [0.29, 0.717) is 22.6 Å². The summed E-state index contributed by atoms with van der Waals surface area (Å²) in [5.41, 5.74) is 0.945. The molecule has 2 aliphatic rings. The zero-order valence-electron chi connectivity index (χ0n) is 15.4. The Bertz CT molecular complexity index is 911. The molecule has 7 heteroatoms. The molecule has 0 heterocycles. The fourth-order valence-corrected chi connectivity index (χ4v) is 3.78. The third-order valence-corrected chi connectivity index (χ3v) is 4.98. The van der Waals surface area contributed by atoms with Crippen molar-refractivity contribution in [3.8, 4) is 11.5 Å². The van der Waals surface area contributed by atoms with E-state index in [-0.39, 0.29) is 23.2 Å². The molecule has 1 aromatic carbocycles. The molecule has 0 N–H and O–H groups in total. The molecule has 1 atom stereocenters. The molecule has 0 aliphatic heterocycles. The fourth-order valence-electron chi connectivity index (χ4n) is 3.50. The van der Waals surface area contributed by atoms with Gasteiger partial charge in [0, 0.05) is 12.8 Å². The first-order valence-corrected chi connectivity index (χ1v) is 8.70. The summed E-state index contributed by atoms with van der Waals surface area (Å²) in [6.45, 7) is 1.31. The first kappa shape index (κ1) is 19.0. The summed E-state index contributed by atoms with van der Waals surface area (Å²) in [7, 11) is 4.35. The highest BCUT2D eigenvalue weighted by Gasteiger charge is 2.50. The number of allylic oxidation sites excluding steroid dienone is 4. The third kappa shape index (κ3) is 2.80. The number of benzene rings is 1. The highest BCUT2D eigenvalue weighted by atomic mass is 35.5. The molecular weight excluding hydrogens is 372 g/mol. The molecule has 0 fully saturated rings. The highest BCUT2D eigenvalue weighted by molar-refractivity contribution is 6.21. The summed E-state index contributed by atoms with van der Waals surface area (Å²) in [5, 5.41) is 0. The van der Waals surface area contributed by atoms with E-state index in [0.717, 1.165) is 5.56 Å². The van der Waals surface area contributed by atoms with Gasteiger partial charge < -0.3 is 18.9 Å². The lowest BCUT2D eigenvalue weighted by atomic mass is 9.70. The fraction of sp³-hybridized carbons (Fsp3) is 0.300. The average molecular weight is 391 g/mol. The van der Waals surface area contributed by atoms with Crippen LogP contribution in [0.1, 0.15) is 18.1 Å². The molecule has 1 unspecified atom stereocenters. The van der Waals surface area contributed by atoms with Gasteiger partial charge in [0.1, 0.15) is 5.41 Å². The van der Waals surface area contributed by atoms with Crippen LogP contribution in [-0.2, 0) is 24.5 Å². The molecule has 27 heavy (non-hydrogen) atoms. The normalized spacial score (nSPS) is 20.5. The van der Waals surface area contributed by atoms with Crippen LogP contribution < -0.4 is 9.47 Å². The lowest BCUT2D eigenvalue weighted by Crippen LogP contribution is -2.40. The van der Waals surface area contributed by atoms with Crippen molar-refractivity contribution in [1.29, 1.82) is 0 Å². The van der Waals surface area contributed by atoms with Crippen molar-refractivity contribution in [2.75, 3.05) is 27.2 Å². The molecule has 0 bridgehead atoms. The number of rotatable bonds is 5. The quantitative estimate of drug-likeness (QED) is 0.437. The Hall–Kier alpha value is -2.73. The van der Waals surface area contributed by atoms with Crippen LogP contribution >= 0.6 is 11.6 Å². The smallest absolute Gasteiger partial charge is 0.308 e. The predicted octanol–water partition coefficient (Wildman–Crippen LogP) is 3.14. The number of ketones is 1. The summed E-state index contributed by atoms with van der Waals surface area (Å²) < 4.78 is 21.2. The number of hydrogen-bond donors (Lipinski definition) is 0. The molecule has 1 aromatic rings. The van der Waals surface area contributed by atoms with Gasteiger partial charge in [0.15, 0.2) is 17.3 Å². The number of ether oxygens (including phenoxy) is 4. The van der Waals surface area contributed by atoms with E-state index in [1.807, 2.05) is 0 Å². The van der Waals surface area contributed by atoms with Gasteiger partial charge in [-0.3, -0.25) is 9.59 Å². The van der Waals surface area contributed by atoms with E-state index in [1.54, 1.807) is 30.4 Å². The molecule has 2 aliphatic carbocycles. The van der Waals surface area contributed by atoms with Crippen LogP contribution in [0.2, 0.25) is 0 Å². The van der Waals surface area contributed by atoms with Crippen molar-refractivity contribution < 1.29 is 28.5 Å². The van der Waals surface area contributed by atoms with Crippen LogP contribution in [0, 0.1) is 0 Å². The lowest BCUT2D eigenvalue weighted by molar-refractivity contribution is -0.132. The second-order valence-corrected chi connectivity index (χ2v) is 6.33. The Labute approximate surface area is 162 Å². The number of esters is 1. The molecule has 1 spiro atoms. The third-order valence-electron chi connectivity index (χ3n) is 4.70. The van der Waals surface area contributed by atoms with Gasteiger partial charge >= 0.3 is 5.97 Å². The first-order chi connectivity index (χ1) is 12.9. The SMILES string of the molecule is COC1=C(OC)C(=O)C2(C=Cc3cc(OC(C)=O)c(OC)cc32)C(CCl)=C1. The van der Waals surface area contributed by atoms with Gasteiger partial charge in [-0.15, -0.1) is 11.6 Å². The molecule has 0 radical (unpaired) electrons. The van der Waals surface area contributed by atoms with Crippen molar-refractivity contribution in [2.45, 2.75) is 12.3 Å². The van der Waals surface area contributed by atoms with Crippen LogP contribution in [-0.4, -0.2) is 39.0 Å². The van der Waals surface area contributed by atoms with Crippen molar-refractivity contribution in [2.24, 2.45) is 0 Å². The van der Waals surface area contributed by atoms with E-state index in [1.165, 1.54) is 28.3 Å². The minimum Gasteiger partial charge on any atom is -0.493 e. The number of alkyl halides is 1. The first-order valence-electron chi connectivity index (χ1n) is 8.17. The van der Waals surface area contributed by atoms with Crippen molar-refractivity contribution in [3.05, 3.63) is 52.5 Å². The monoisotopic (exact) mass is 390 g/mol. The molecule has 6 nitrogen and oxygen atoms in total. The summed E-state index contributed by atoms with van der Waals surface area (Å²) >= 11 is 6.19. The molecular formula is C20H19ClO6. The number of methoxy groups -OCH3 is 3. The summed E-state index contributed by atoms with van der Waals surface area (Å²) in [5.74, 6) is 0.444. The van der Waals surface area contributed by atoms with Crippen molar-refractivity contribution in [3.63, 3.8) is 0 Å². The molecule has 0 amide bonds. The number of fused-ring (bicyclic) bond motifs is 2. The second-order valence-electron chi connectivity index (χ2n) is 6.06. The van der Waals surface area contributed by atoms with Gasteiger partial charge in [-0.05, 0) is 34.9 Å². The van der Waals surface area contributed by atoms with Crippen LogP contribution in [0.3, 0.4) is 0 Å². The number of halogens is 1. The number of hydrogen-bond acceptors (Lipinski definition) is 6.